The van der Waals surface area contributed by atoms with Crippen molar-refractivity contribution in [2.45, 2.75) is 6.61 Å². The molecule has 0 unspecified atom stereocenters. The highest BCUT2D eigenvalue weighted by Gasteiger charge is 2.21. The summed E-state index contributed by atoms with van der Waals surface area (Å²) in [4.78, 5) is 15.6. The van der Waals surface area contributed by atoms with Gasteiger partial charge in [-0.25, -0.2) is 18.0 Å². The van der Waals surface area contributed by atoms with E-state index in [1.807, 2.05) is 0 Å². The lowest BCUT2D eigenvalue weighted by molar-refractivity contribution is 0.0691. The van der Waals surface area contributed by atoms with Gasteiger partial charge in [0.1, 0.15) is 12.4 Å². The van der Waals surface area contributed by atoms with Crippen LogP contribution in [-0.4, -0.2) is 17.3 Å². The van der Waals surface area contributed by atoms with Crippen LogP contribution in [0, 0.1) is 17.5 Å². The Morgan fingerprint density at radius 3 is 2.50 bits per heavy atom. The second-order valence-corrected chi connectivity index (χ2v) is 4.25. The third kappa shape index (κ3) is 3.43. The zero-order valence-corrected chi connectivity index (χ0v) is 11.1. The molecule has 0 aromatic heterocycles. The van der Waals surface area contributed by atoms with Gasteiger partial charge in [-0.15, -0.1) is 0 Å². The number of oxime groups is 1. The van der Waals surface area contributed by atoms with Gasteiger partial charge in [0, 0.05) is 0 Å². The smallest absolute Gasteiger partial charge is 0.338 e. The summed E-state index contributed by atoms with van der Waals surface area (Å²) in [6.07, 6.45) is 0.600. The Hall–Kier alpha value is -2.83. The van der Waals surface area contributed by atoms with Gasteiger partial charge in [-0.1, -0.05) is 35.5 Å². The molecule has 0 amide bonds. The van der Waals surface area contributed by atoms with E-state index in [0.717, 1.165) is 5.56 Å². The van der Waals surface area contributed by atoms with Gasteiger partial charge in [0.2, 0.25) is 0 Å². The summed E-state index contributed by atoms with van der Waals surface area (Å²) in [6, 6.07) is 9.12. The van der Waals surface area contributed by atoms with Gasteiger partial charge in [0.15, 0.2) is 11.6 Å². The molecule has 0 radical (unpaired) electrons. The van der Waals surface area contributed by atoms with Gasteiger partial charge in [-0.05, 0) is 11.6 Å². The van der Waals surface area contributed by atoms with Gasteiger partial charge >= 0.3 is 5.97 Å². The van der Waals surface area contributed by atoms with E-state index in [1.54, 1.807) is 30.3 Å². The number of aromatic carboxylic acids is 1. The summed E-state index contributed by atoms with van der Waals surface area (Å²) in [7, 11) is 0. The van der Waals surface area contributed by atoms with Crippen LogP contribution in [0.2, 0.25) is 0 Å². The first-order valence-electron chi connectivity index (χ1n) is 6.10. The predicted octanol–water partition coefficient (Wildman–Crippen LogP) is 3.35. The molecule has 0 saturated heterocycles. The van der Waals surface area contributed by atoms with E-state index in [-0.39, 0.29) is 12.7 Å². The molecule has 2 aromatic rings. The maximum atomic E-state index is 13.8. The number of hydrogen-bond acceptors (Lipinski definition) is 3. The van der Waals surface area contributed by atoms with E-state index < -0.39 is 34.5 Å². The molecule has 1 N–H and O–H groups in total. The fourth-order valence-corrected chi connectivity index (χ4v) is 1.67. The van der Waals surface area contributed by atoms with Gasteiger partial charge < -0.3 is 9.94 Å². The van der Waals surface area contributed by atoms with E-state index in [2.05, 4.69) is 5.16 Å². The Morgan fingerprint density at radius 2 is 1.86 bits per heavy atom. The molecular weight excluding hydrogens is 299 g/mol. The first-order valence-corrected chi connectivity index (χ1v) is 6.10. The highest BCUT2D eigenvalue weighted by atomic mass is 19.2. The molecule has 2 rings (SSSR count). The topological polar surface area (TPSA) is 58.9 Å². The number of benzene rings is 2. The largest absolute Gasteiger partial charge is 0.478 e. The summed E-state index contributed by atoms with van der Waals surface area (Å²) >= 11 is 0. The Balaban J connectivity index is 2.18. The van der Waals surface area contributed by atoms with Crippen LogP contribution < -0.4 is 0 Å². The van der Waals surface area contributed by atoms with Crippen molar-refractivity contribution in [3.63, 3.8) is 0 Å². The van der Waals surface area contributed by atoms with Crippen LogP contribution >= 0.6 is 0 Å². The summed E-state index contributed by atoms with van der Waals surface area (Å²) in [5.41, 5.74) is -1.13. The maximum Gasteiger partial charge on any atom is 0.338 e. The molecule has 0 aliphatic rings. The predicted molar refractivity (Wildman–Crippen MR) is 72.1 cm³/mol. The Morgan fingerprint density at radius 1 is 1.18 bits per heavy atom. The molecule has 22 heavy (non-hydrogen) atoms. The molecule has 0 heterocycles. The van der Waals surface area contributed by atoms with Crippen LogP contribution in [0.25, 0.3) is 0 Å². The number of rotatable bonds is 5. The zero-order valence-electron chi connectivity index (χ0n) is 11.1. The molecule has 0 saturated carbocycles. The highest BCUT2D eigenvalue weighted by Crippen LogP contribution is 2.19. The van der Waals surface area contributed by atoms with E-state index in [4.69, 9.17) is 9.94 Å². The van der Waals surface area contributed by atoms with Crippen LogP contribution in [0.1, 0.15) is 21.5 Å². The second kappa shape index (κ2) is 6.75. The molecule has 0 spiro atoms. The average Bonchev–Trinajstić information content (AvgIpc) is 2.51. The number of nitrogens with zero attached hydrogens (tertiary/aromatic N) is 1. The first-order chi connectivity index (χ1) is 10.5. The van der Waals surface area contributed by atoms with Crippen molar-refractivity contribution in [2.24, 2.45) is 5.16 Å². The normalized spacial score (nSPS) is 10.9. The molecule has 0 atom stereocenters. The van der Waals surface area contributed by atoms with Crippen LogP contribution in [-0.2, 0) is 11.4 Å². The minimum atomic E-state index is -1.71. The fourth-order valence-electron chi connectivity index (χ4n) is 1.67. The van der Waals surface area contributed by atoms with E-state index in [1.165, 1.54) is 0 Å². The fraction of sp³-hybridized carbons (Fsp3) is 0.0667. The number of halogens is 3. The van der Waals surface area contributed by atoms with Crippen LogP contribution in [0.15, 0.2) is 41.6 Å². The summed E-state index contributed by atoms with van der Waals surface area (Å²) < 4.78 is 40.5. The summed E-state index contributed by atoms with van der Waals surface area (Å²) in [5.74, 6) is -6.15. The number of hydrogen-bond donors (Lipinski definition) is 1. The molecule has 2 aromatic carbocycles. The number of carboxylic acids is 1. The standard InChI is InChI=1S/C15H10F3NO3/c16-12-6-10(15(20)21)13(17)11(14(12)18)7-19-22-8-9-4-2-1-3-5-9/h1-7H,8H2,(H,20,21)/b19-7+. The highest BCUT2D eigenvalue weighted by molar-refractivity contribution is 5.91. The van der Waals surface area contributed by atoms with Crippen LogP contribution in [0.5, 0.6) is 0 Å². The van der Waals surface area contributed by atoms with Gasteiger partial charge in [-0.3, -0.25) is 0 Å². The quantitative estimate of drug-likeness (QED) is 0.523. The minimum Gasteiger partial charge on any atom is -0.478 e. The monoisotopic (exact) mass is 309 g/mol. The lowest BCUT2D eigenvalue weighted by Crippen LogP contribution is -2.08. The first kappa shape index (κ1) is 15.6. The number of carboxylic acid groups (broad SMARTS) is 1. The van der Waals surface area contributed by atoms with Crippen molar-refractivity contribution in [2.75, 3.05) is 0 Å². The average molecular weight is 309 g/mol. The molecule has 7 heteroatoms. The third-order valence-electron chi connectivity index (χ3n) is 2.75. The van der Waals surface area contributed by atoms with Crippen molar-refractivity contribution in [1.29, 1.82) is 0 Å². The molecule has 0 fully saturated rings. The van der Waals surface area contributed by atoms with Crippen molar-refractivity contribution < 1.29 is 27.9 Å². The van der Waals surface area contributed by atoms with Gasteiger partial charge in [0.25, 0.3) is 0 Å². The lowest BCUT2D eigenvalue weighted by Gasteiger charge is -2.04. The zero-order chi connectivity index (χ0) is 16.1. The van der Waals surface area contributed by atoms with Crippen LogP contribution in [0.3, 0.4) is 0 Å². The number of carbonyl (C=O) groups is 1. The molecular formula is C15H10F3NO3. The molecule has 0 aliphatic carbocycles. The molecule has 4 nitrogen and oxygen atoms in total. The Bertz CT molecular complexity index is 718. The molecule has 0 bridgehead atoms. The van der Waals surface area contributed by atoms with Crippen molar-refractivity contribution in [1.82, 2.24) is 0 Å². The second-order valence-electron chi connectivity index (χ2n) is 4.25. The van der Waals surface area contributed by atoms with E-state index in [9.17, 15) is 18.0 Å². The van der Waals surface area contributed by atoms with Crippen molar-refractivity contribution in [3.8, 4) is 0 Å². The summed E-state index contributed by atoms with van der Waals surface area (Å²) in [6.45, 7) is 0.0433. The van der Waals surface area contributed by atoms with Crippen molar-refractivity contribution >= 4 is 12.2 Å². The third-order valence-corrected chi connectivity index (χ3v) is 2.75. The maximum absolute atomic E-state index is 13.8. The Kier molecular flexibility index (Phi) is 4.77. The van der Waals surface area contributed by atoms with E-state index in [0.29, 0.717) is 6.21 Å². The summed E-state index contributed by atoms with van der Waals surface area (Å²) in [5, 5.41) is 12.1. The Labute approximate surface area is 123 Å². The molecule has 114 valence electrons. The van der Waals surface area contributed by atoms with Crippen molar-refractivity contribution in [3.05, 3.63) is 70.5 Å². The molecule has 0 aliphatic heterocycles. The van der Waals surface area contributed by atoms with Gasteiger partial charge in [-0.2, -0.15) is 0 Å². The van der Waals surface area contributed by atoms with Crippen LogP contribution in [0.4, 0.5) is 13.2 Å². The van der Waals surface area contributed by atoms with Gasteiger partial charge in [0.05, 0.1) is 17.3 Å². The minimum absolute atomic E-state index is 0.0433. The SMILES string of the molecule is O=C(O)c1cc(F)c(F)c(/C=N/OCc2ccccc2)c1F. The van der Waals surface area contributed by atoms with E-state index >= 15 is 0 Å². The lowest BCUT2D eigenvalue weighted by atomic mass is 10.1.